The molecule has 0 aromatic heterocycles. The normalized spacial score (nSPS) is 11.0. The van der Waals surface area contributed by atoms with E-state index in [1.54, 1.807) is 22.3 Å². The Bertz CT molecular complexity index is 1560. The Morgan fingerprint density at radius 1 is 0.384 bits per heavy atom. The average molecular weight is 1050 g/mol. The molecule has 2 aromatic rings. The molecule has 2 rings (SSSR count). The molecular formula is C70H122N2Ni. The minimum atomic E-state index is 0. The Labute approximate surface area is 468 Å². The fraction of sp³-hybridized carbons (Fsp3) is 0.743. The quantitative estimate of drug-likeness (QED) is 0.0121. The molecule has 0 heterocycles. The maximum absolute atomic E-state index is 9.75. The van der Waals surface area contributed by atoms with Gasteiger partial charge in [0.25, 0.3) is 0 Å². The van der Waals surface area contributed by atoms with Crippen molar-refractivity contribution in [1.29, 1.82) is 0 Å². The second-order valence-corrected chi connectivity index (χ2v) is 21.6. The third kappa shape index (κ3) is 37.3. The number of unbranched alkanes of at least 4 members (excludes halogenated alkanes) is 27. The molecule has 0 N–H and O–H groups in total. The van der Waals surface area contributed by atoms with E-state index in [9.17, 15) is 5.53 Å². The summed E-state index contributed by atoms with van der Waals surface area (Å²) in [6, 6.07) is 10.2. The molecule has 0 atom stereocenters. The van der Waals surface area contributed by atoms with E-state index < -0.39 is 0 Å². The van der Waals surface area contributed by atoms with Gasteiger partial charge < -0.3 is 19.4 Å². The monoisotopic (exact) mass is 1050 g/mol. The van der Waals surface area contributed by atoms with Gasteiger partial charge in [0.2, 0.25) is 0 Å². The molecule has 0 aliphatic heterocycles. The van der Waals surface area contributed by atoms with Crippen molar-refractivity contribution in [2.24, 2.45) is 0 Å². The van der Waals surface area contributed by atoms with Crippen LogP contribution in [-0.2, 0) is 55.0 Å². The van der Waals surface area contributed by atoms with E-state index in [-0.39, 0.29) is 16.5 Å². The van der Waals surface area contributed by atoms with Gasteiger partial charge >= 0.3 is 22.4 Å². The van der Waals surface area contributed by atoms with Crippen LogP contribution in [0.15, 0.2) is 35.9 Å². The van der Waals surface area contributed by atoms with Gasteiger partial charge in [0.15, 0.2) is 0 Å². The number of allylic oxidation sites excluding steroid dienone is 2. The molecule has 0 radical (unpaired) electrons. The van der Waals surface area contributed by atoms with Crippen molar-refractivity contribution in [3.63, 3.8) is 0 Å². The average Bonchev–Trinajstić information content (AvgIpc) is 3.38. The molecule has 0 fully saturated rings. The second kappa shape index (κ2) is 54.6. The van der Waals surface area contributed by atoms with Gasteiger partial charge in [-0.1, -0.05) is 279 Å². The Morgan fingerprint density at radius 2 is 0.685 bits per heavy atom. The van der Waals surface area contributed by atoms with Gasteiger partial charge in [-0.05, 0) is 127 Å². The second-order valence-electron chi connectivity index (χ2n) is 21.6. The topological polar surface area (TPSA) is 36.4 Å². The zero-order chi connectivity index (χ0) is 53.1. The number of benzene rings is 2. The zero-order valence-electron chi connectivity index (χ0n) is 50.4. The van der Waals surface area contributed by atoms with E-state index >= 15 is 0 Å². The molecule has 0 aliphatic rings. The fourth-order valence-electron chi connectivity index (χ4n) is 10.4. The van der Waals surface area contributed by atoms with Crippen LogP contribution in [0, 0.1) is 13.8 Å². The van der Waals surface area contributed by atoms with Crippen LogP contribution in [-0.4, -0.2) is 10.7 Å². The largest absolute Gasteiger partial charge is 2.00 e. The summed E-state index contributed by atoms with van der Waals surface area (Å²) < 4.78 is 0. The number of rotatable bonds is 44. The summed E-state index contributed by atoms with van der Waals surface area (Å²) in [7, 11) is 0. The Morgan fingerprint density at radius 3 is 1.03 bits per heavy atom. The summed E-state index contributed by atoms with van der Waals surface area (Å²) in [4.78, 5) is 3.47. The first-order chi connectivity index (χ1) is 35.3. The predicted molar refractivity (Wildman–Crippen MR) is 327 cm³/mol. The third-order valence-electron chi connectivity index (χ3n) is 14.7. The van der Waals surface area contributed by atoms with E-state index in [1.165, 1.54) is 233 Å². The van der Waals surface area contributed by atoms with Crippen LogP contribution in [0.3, 0.4) is 0 Å². The molecular weight excluding hydrogens is 927 g/mol. The van der Waals surface area contributed by atoms with Crippen LogP contribution < -0.4 is 0 Å². The van der Waals surface area contributed by atoms with Gasteiger partial charge in [0, 0.05) is 0 Å². The molecule has 0 spiro atoms. The number of hydrogen-bond acceptors (Lipinski definition) is 0. The van der Waals surface area contributed by atoms with Crippen LogP contribution in [0.2, 0.25) is 0 Å². The zero-order valence-corrected chi connectivity index (χ0v) is 51.4. The van der Waals surface area contributed by atoms with Gasteiger partial charge in [0.1, 0.15) is 0 Å². The Hall–Kier alpha value is -2.17. The smallest absolute Gasteiger partial charge is 0.348 e. The van der Waals surface area contributed by atoms with Gasteiger partial charge in [-0.2, -0.15) is 12.8 Å². The molecule has 0 amide bonds. The molecule has 422 valence electrons. The van der Waals surface area contributed by atoms with Crippen LogP contribution in [0.5, 0.6) is 0 Å². The van der Waals surface area contributed by atoms with Crippen LogP contribution in [0.25, 0.3) is 11.1 Å². The predicted octanol–water partition coefficient (Wildman–Crippen LogP) is 23.5. The first-order valence-corrected chi connectivity index (χ1v) is 31.9. The molecule has 0 unspecified atom stereocenters. The van der Waals surface area contributed by atoms with Crippen molar-refractivity contribution in [3.05, 3.63) is 99.8 Å². The molecule has 0 saturated carbocycles. The van der Waals surface area contributed by atoms with Crippen LogP contribution in [0.4, 0.5) is 0 Å². The molecule has 3 heteroatoms. The maximum Gasteiger partial charge on any atom is 2.00 e. The first-order valence-electron chi connectivity index (χ1n) is 31.9. The van der Waals surface area contributed by atoms with Crippen molar-refractivity contribution in [2.45, 2.75) is 338 Å². The van der Waals surface area contributed by atoms with Crippen LogP contribution in [0.1, 0.15) is 344 Å². The van der Waals surface area contributed by atoms with Crippen molar-refractivity contribution in [2.75, 3.05) is 0 Å². The first kappa shape index (κ1) is 72.9. The minimum absolute atomic E-state index is 0. The summed E-state index contributed by atoms with van der Waals surface area (Å²) in [6.45, 7) is 28.4. The van der Waals surface area contributed by atoms with E-state index in [2.05, 4.69) is 117 Å². The maximum atomic E-state index is 9.75. The summed E-state index contributed by atoms with van der Waals surface area (Å²) in [5.41, 5.74) is 24.1. The number of hydrogen-bond donors (Lipinski definition) is 0. The van der Waals surface area contributed by atoms with Gasteiger partial charge in [-0.3, -0.25) is 0 Å². The van der Waals surface area contributed by atoms with E-state index in [0.29, 0.717) is 0 Å². The summed E-state index contributed by atoms with van der Waals surface area (Å²) in [5.74, 6) is 3.02. The van der Waals surface area contributed by atoms with Crippen molar-refractivity contribution >= 4 is 11.4 Å². The fourth-order valence-corrected chi connectivity index (χ4v) is 10.4. The van der Waals surface area contributed by atoms with Crippen LogP contribution >= 0.6 is 0 Å². The summed E-state index contributed by atoms with van der Waals surface area (Å²) in [5, 5.41) is 0. The molecule has 2 aromatic carbocycles. The SMILES string of the molecule is CCCCCCC(=C=[N+]=[N-])C=C(c1cc(CCC)c(CCC)c(CCC)c1)c1cc(CCCCC)c(CCCCC)c(CCCCC)c1.[CH2-]CCCCCCCCCCC.[CH2-]CCCCCCCCCCC.[Ni+2]. The number of nitrogens with zero attached hydrogens (tertiary/aromatic N) is 2. The third-order valence-corrected chi connectivity index (χ3v) is 14.7. The minimum Gasteiger partial charge on any atom is -0.348 e. The molecule has 0 bridgehead atoms. The van der Waals surface area contributed by atoms with Crippen molar-refractivity contribution < 1.29 is 21.3 Å². The van der Waals surface area contributed by atoms with Crippen molar-refractivity contribution in [1.82, 2.24) is 0 Å². The van der Waals surface area contributed by atoms with E-state index in [0.717, 1.165) is 76.2 Å². The molecule has 0 aliphatic carbocycles. The Kier molecular flexibility index (Phi) is 54.5. The van der Waals surface area contributed by atoms with Gasteiger partial charge in [0.05, 0.1) is 5.57 Å². The van der Waals surface area contributed by atoms with Gasteiger partial charge in [-0.25, -0.2) is 0 Å². The standard InChI is InChI=1S/C46H72N2.2C12H25.Ni/c1-8-15-19-23-27-37(36-48-47)31-46(42-32-38(24-12-5)44(26-14-7)39(33-42)25-13-6)43-34-40(28-20-16-9-2)45(30-22-18-11-4)41(35-43)29-21-17-10-3;2*1-3-5-7-9-11-12-10-8-6-4-2;/h31-35H,8-30H2,1-7H3;2*1,3-12H2,2H3;/q;2*-1;+2. The Balaban J connectivity index is 0. The van der Waals surface area contributed by atoms with E-state index in [1.807, 2.05) is 0 Å². The molecule has 2 nitrogen and oxygen atoms in total. The summed E-state index contributed by atoms with van der Waals surface area (Å²) >= 11 is 0. The van der Waals surface area contributed by atoms with Gasteiger partial charge in [-0.15, -0.1) is 4.79 Å². The number of aryl methyl sites for hydroxylation is 4. The molecule has 0 saturated heterocycles. The molecule has 73 heavy (non-hydrogen) atoms. The summed E-state index contributed by atoms with van der Waals surface area (Å²) in [6.07, 6.45) is 57.5. The van der Waals surface area contributed by atoms with Crippen molar-refractivity contribution in [3.8, 4) is 0 Å². The van der Waals surface area contributed by atoms with E-state index in [4.69, 9.17) is 0 Å².